The molecule has 0 aliphatic carbocycles. The normalized spacial score (nSPS) is 12.4. The van der Waals surface area contributed by atoms with E-state index in [1.54, 1.807) is 0 Å². The fourth-order valence-electron chi connectivity index (χ4n) is 5.03. The number of rotatable bonds is 29. The third-order valence-electron chi connectivity index (χ3n) is 6.84. The molecule has 0 aliphatic rings. The van der Waals surface area contributed by atoms with Crippen LogP contribution in [0, 0.1) is 0 Å². The van der Waals surface area contributed by atoms with Crippen molar-refractivity contribution in [1.82, 2.24) is 9.13 Å². The van der Waals surface area contributed by atoms with Gasteiger partial charge in [0.1, 0.15) is 37.9 Å². The van der Waals surface area contributed by atoms with Crippen LogP contribution in [-0.2, 0) is 62.2 Å². The lowest BCUT2D eigenvalue weighted by molar-refractivity contribution is -0.696. The zero-order valence-corrected chi connectivity index (χ0v) is 30.2. The molecule has 0 saturated heterocycles. The fraction of sp³-hybridized carbons (Fsp3) is 0.800. The average molecular weight is 661 g/mol. The van der Waals surface area contributed by atoms with Crippen LogP contribution in [0.4, 0.5) is 0 Å². The first-order chi connectivity index (χ1) is 21.5. The number of aryl methyl sites for hydroxylation is 2. The highest BCUT2D eigenvalue weighted by molar-refractivity contribution is 6.61. The van der Waals surface area contributed by atoms with Gasteiger partial charge in [0.25, 0.3) is 0 Å². The van der Waals surface area contributed by atoms with Gasteiger partial charge in [-0.2, -0.15) is 0 Å². The molecular formula is C30H60N4O8Si2+2. The maximum absolute atomic E-state index is 5.96. The first-order valence-electron chi connectivity index (χ1n) is 16.6. The van der Waals surface area contributed by atoms with Gasteiger partial charge in [0.05, 0.1) is 39.5 Å². The molecule has 0 atom stereocenters. The van der Waals surface area contributed by atoms with E-state index in [0.717, 1.165) is 51.1 Å². The second-order valence-electron chi connectivity index (χ2n) is 10.2. The molecule has 44 heavy (non-hydrogen) atoms. The lowest BCUT2D eigenvalue weighted by Gasteiger charge is -2.28. The number of aromatic nitrogens is 4. The Balaban J connectivity index is 1.57. The number of nitrogens with zero attached hydrogens (tertiary/aromatic N) is 4. The van der Waals surface area contributed by atoms with Crippen molar-refractivity contribution in [3.63, 3.8) is 0 Å². The predicted molar refractivity (Wildman–Crippen MR) is 171 cm³/mol. The van der Waals surface area contributed by atoms with E-state index in [4.69, 9.17) is 36.0 Å². The molecule has 2 rings (SSSR count). The first kappa shape index (κ1) is 38.7. The van der Waals surface area contributed by atoms with E-state index >= 15 is 0 Å². The molecule has 2 aromatic heterocycles. The lowest BCUT2D eigenvalue weighted by Crippen LogP contribution is -2.46. The molecule has 2 aromatic rings. The summed E-state index contributed by atoms with van der Waals surface area (Å²) in [7, 11) is -5.17. The van der Waals surface area contributed by atoms with Crippen LogP contribution in [0.25, 0.3) is 0 Å². The molecule has 0 fully saturated rings. The number of hydrogen-bond acceptors (Lipinski definition) is 8. The molecule has 0 aliphatic heterocycles. The minimum Gasteiger partial charge on any atom is -0.375 e. The van der Waals surface area contributed by atoms with Gasteiger partial charge in [0.2, 0.25) is 12.7 Å². The SMILES string of the molecule is CCO[Si](CCC[n+]1ccn(CCOCCOCCn2cc[n+](CCC[Si](OCC)(OCC)OCC)c2)c1)(OCC)OCC. The fourth-order valence-corrected chi connectivity index (χ4v) is 10.2. The predicted octanol–water partition coefficient (Wildman–Crippen LogP) is 3.48. The largest absolute Gasteiger partial charge is 0.501 e. The van der Waals surface area contributed by atoms with Gasteiger partial charge in [-0.05, 0) is 54.4 Å². The van der Waals surface area contributed by atoms with Crippen LogP contribution >= 0.6 is 0 Å². The molecule has 12 nitrogen and oxygen atoms in total. The second kappa shape index (κ2) is 22.9. The summed E-state index contributed by atoms with van der Waals surface area (Å²) in [5.74, 6) is 0. The van der Waals surface area contributed by atoms with Gasteiger partial charge in [0.15, 0.2) is 0 Å². The van der Waals surface area contributed by atoms with E-state index in [-0.39, 0.29) is 0 Å². The third-order valence-corrected chi connectivity index (χ3v) is 13.1. The molecular weight excluding hydrogens is 601 g/mol. The highest BCUT2D eigenvalue weighted by atomic mass is 28.4. The van der Waals surface area contributed by atoms with Crippen LogP contribution < -0.4 is 9.13 Å². The van der Waals surface area contributed by atoms with Gasteiger partial charge >= 0.3 is 17.6 Å². The van der Waals surface area contributed by atoms with Gasteiger partial charge in [-0.25, -0.2) is 18.3 Å². The van der Waals surface area contributed by atoms with Crippen molar-refractivity contribution in [2.45, 2.75) is 92.7 Å². The van der Waals surface area contributed by atoms with Gasteiger partial charge in [0, 0.05) is 51.7 Å². The van der Waals surface area contributed by atoms with Crippen LogP contribution in [0.2, 0.25) is 12.1 Å². The molecule has 0 saturated carbocycles. The zero-order valence-electron chi connectivity index (χ0n) is 28.2. The summed E-state index contributed by atoms with van der Waals surface area (Å²) in [6.45, 7) is 21.4. The quantitative estimate of drug-likeness (QED) is 0.0745. The van der Waals surface area contributed by atoms with E-state index in [1.165, 1.54) is 0 Å². The Morgan fingerprint density at radius 2 is 0.841 bits per heavy atom. The molecule has 0 radical (unpaired) electrons. The Bertz CT molecular complexity index is 870. The Morgan fingerprint density at radius 3 is 1.16 bits per heavy atom. The number of hydrogen-bond donors (Lipinski definition) is 0. The van der Waals surface area contributed by atoms with Crippen molar-refractivity contribution in [1.29, 1.82) is 0 Å². The second-order valence-corrected chi connectivity index (χ2v) is 15.6. The van der Waals surface area contributed by atoms with Gasteiger partial charge in [-0.1, -0.05) is 0 Å². The highest BCUT2D eigenvalue weighted by Gasteiger charge is 2.40. The molecule has 0 N–H and O–H groups in total. The van der Waals surface area contributed by atoms with E-state index < -0.39 is 17.6 Å². The third kappa shape index (κ3) is 14.8. The molecule has 0 amide bonds. The van der Waals surface area contributed by atoms with Crippen molar-refractivity contribution in [3.05, 3.63) is 37.4 Å². The number of ether oxygens (including phenoxy) is 2. The van der Waals surface area contributed by atoms with Crippen molar-refractivity contribution < 1.29 is 45.2 Å². The summed E-state index contributed by atoms with van der Waals surface area (Å²) >= 11 is 0. The molecule has 0 spiro atoms. The van der Waals surface area contributed by atoms with Crippen LogP contribution in [0.3, 0.4) is 0 Å². The van der Waals surface area contributed by atoms with E-state index in [1.807, 2.05) is 41.5 Å². The molecule has 14 heteroatoms. The van der Waals surface area contributed by atoms with Gasteiger partial charge in [-0.3, -0.25) is 0 Å². The smallest absolute Gasteiger partial charge is 0.375 e. The Kier molecular flexibility index (Phi) is 20.2. The van der Waals surface area contributed by atoms with Crippen molar-refractivity contribution in [3.8, 4) is 0 Å². The number of imidazole rings is 2. The van der Waals surface area contributed by atoms with Crippen LogP contribution in [-0.4, -0.2) is 92.8 Å². The lowest BCUT2D eigenvalue weighted by atomic mass is 10.5. The monoisotopic (exact) mass is 660 g/mol. The van der Waals surface area contributed by atoms with Gasteiger partial charge in [-0.15, -0.1) is 0 Å². The van der Waals surface area contributed by atoms with Crippen LogP contribution in [0.15, 0.2) is 37.4 Å². The summed E-state index contributed by atoms with van der Waals surface area (Å²) < 4.78 is 56.0. The first-order valence-corrected chi connectivity index (χ1v) is 20.4. The molecule has 254 valence electrons. The van der Waals surface area contributed by atoms with Crippen molar-refractivity contribution in [2.24, 2.45) is 0 Å². The average Bonchev–Trinajstić information content (AvgIpc) is 3.65. The molecule has 0 bridgehead atoms. The summed E-state index contributed by atoms with van der Waals surface area (Å²) in [4.78, 5) is 0. The van der Waals surface area contributed by atoms with Crippen molar-refractivity contribution in [2.75, 3.05) is 66.1 Å². The standard InChI is InChI=1S/C30H60N4O8Si2/c1-7-37-43(38-8-2,39-9-3)27-13-15-31-17-19-33(29-31)21-23-35-25-26-36-24-22-34-20-18-32(30-34)16-14-28-44(40-10-4,41-11-5)42-12-6/h17-20,29-30H,7-16,21-28H2,1-6H3/q+2. The maximum Gasteiger partial charge on any atom is 0.501 e. The minimum atomic E-state index is -2.58. The maximum atomic E-state index is 5.96. The van der Waals surface area contributed by atoms with Crippen LogP contribution in [0.5, 0.6) is 0 Å². The highest BCUT2D eigenvalue weighted by Crippen LogP contribution is 2.19. The van der Waals surface area contributed by atoms with Gasteiger partial charge < -0.3 is 36.0 Å². The Morgan fingerprint density at radius 1 is 0.500 bits per heavy atom. The molecule has 0 aromatic carbocycles. The summed E-state index contributed by atoms with van der Waals surface area (Å²) in [6, 6.07) is 1.63. The Hall–Kier alpha value is -1.47. The molecule has 2 heterocycles. The van der Waals surface area contributed by atoms with Crippen LogP contribution in [0.1, 0.15) is 54.4 Å². The summed E-state index contributed by atoms with van der Waals surface area (Å²) in [6.07, 6.45) is 14.5. The summed E-state index contributed by atoms with van der Waals surface area (Å²) in [5, 5.41) is 0. The Labute approximate surface area is 267 Å². The van der Waals surface area contributed by atoms with E-state index in [9.17, 15) is 0 Å². The topological polar surface area (TPSA) is 91.5 Å². The zero-order chi connectivity index (χ0) is 31.9. The van der Waals surface area contributed by atoms with E-state index in [0.29, 0.717) is 66.1 Å². The van der Waals surface area contributed by atoms with Crippen molar-refractivity contribution >= 4 is 17.6 Å². The van der Waals surface area contributed by atoms with E-state index in [2.05, 4.69) is 55.7 Å². The minimum absolute atomic E-state index is 0.580. The molecule has 0 unspecified atom stereocenters. The summed E-state index contributed by atoms with van der Waals surface area (Å²) in [5.41, 5.74) is 0.